The van der Waals surface area contributed by atoms with Crippen LogP contribution in [0.5, 0.6) is 0 Å². The number of benzene rings is 2. The van der Waals surface area contributed by atoms with Crippen molar-refractivity contribution in [3.8, 4) is 16.9 Å². The van der Waals surface area contributed by atoms with Gasteiger partial charge >= 0.3 is 0 Å². The van der Waals surface area contributed by atoms with E-state index in [0.29, 0.717) is 0 Å². The molecular formula is C18H14N4. The van der Waals surface area contributed by atoms with Crippen molar-refractivity contribution in [1.82, 2.24) is 19.7 Å². The molecule has 0 saturated carbocycles. The van der Waals surface area contributed by atoms with Crippen molar-refractivity contribution < 1.29 is 0 Å². The van der Waals surface area contributed by atoms with Crippen molar-refractivity contribution in [3.05, 3.63) is 72.7 Å². The van der Waals surface area contributed by atoms with Gasteiger partial charge in [0.15, 0.2) is 5.65 Å². The minimum absolute atomic E-state index is 0.816. The van der Waals surface area contributed by atoms with Crippen LogP contribution in [0.4, 0.5) is 0 Å². The third-order valence-electron chi connectivity index (χ3n) is 3.67. The van der Waals surface area contributed by atoms with E-state index < -0.39 is 0 Å². The van der Waals surface area contributed by atoms with Crippen LogP contribution in [0.1, 0.15) is 5.56 Å². The quantitative estimate of drug-likeness (QED) is 0.563. The normalized spacial score (nSPS) is 11.0. The van der Waals surface area contributed by atoms with Gasteiger partial charge in [-0.2, -0.15) is 5.10 Å². The molecule has 4 aromatic rings. The average Bonchev–Trinajstić information content (AvgIpc) is 2.96. The van der Waals surface area contributed by atoms with Gasteiger partial charge in [-0.25, -0.2) is 14.6 Å². The number of aryl methyl sites for hydroxylation is 1. The van der Waals surface area contributed by atoms with E-state index in [2.05, 4.69) is 41.2 Å². The van der Waals surface area contributed by atoms with Crippen molar-refractivity contribution in [2.24, 2.45) is 0 Å². The monoisotopic (exact) mass is 286 g/mol. The van der Waals surface area contributed by atoms with Crippen molar-refractivity contribution in [2.75, 3.05) is 0 Å². The molecule has 0 spiro atoms. The molecule has 106 valence electrons. The van der Waals surface area contributed by atoms with E-state index in [9.17, 15) is 0 Å². The molecule has 4 rings (SSSR count). The number of fused-ring (bicyclic) bond motifs is 1. The van der Waals surface area contributed by atoms with E-state index in [4.69, 9.17) is 5.10 Å². The number of aromatic nitrogens is 4. The zero-order valence-corrected chi connectivity index (χ0v) is 12.1. The first-order valence-corrected chi connectivity index (χ1v) is 7.14. The first-order valence-electron chi connectivity index (χ1n) is 7.14. The van der Waals surface area contributed by atoms with Crippen LogP contribution in [0.15, 0.2) is 67.1 Å². The fourth-order valence-corrected chi connectivity index (χ4v) is 2.53. The largest absolute Gasteiger partial charge is 0.244 e. The molecule has 2 heterocycles. The van der Waals surface area contributed by atoms with Crippen LogP contribution in [0.2, 0.25) is 0 Å². The predicted octanol–water partition coefficient (Wildman–Crippen LogP) is 3.79. The second-order valence-corrected chi connectivity index (χ2v) is 5.22. The van der Waals surface area contributed by atoms with Crippen LogP contribution in [-0.4, -0.2) is 19.7 Å². The third-order valence-corrected chi connectivity index (χ3v) is 3.67. The smallest absolute Gasteiger partial charge is 0.166 e. The average molecular weight is 286 g/mol. The zero-order chi connectivity index (χ0) is 14.9. The number of hydrogen-bond acceptors (Lipinski definition) is 3. The summed E-state index contributed by atoms with van der Waals surface area (Å²) in [6, 6.07) is 18.4. The standard InChI is InChI=1S/C18H14N4/c1-13-7-9-14(10-8-13)17-16-11-19-12-20-18(16)22(21-17)15-5-3-2-4-6-15/h2-12H,1H3. The molecule has 0 atom stereocenters. The molecule has 0 N–H and O–H groups in total. The van der Waals surface area contributed by atoms with Crippen LogP contribution in [-0.2, 0) is 0 Å². The maximum absolute atomic E-state index is 4.77. The Morgan fingerprint density at radius 1 is 0.909 bits per heavy atom. The van der Waals surface area contributed by atoms with Crippen molar-refractivity contribution in [1.29, 1.82) is 0 Å². The van der Waals surface area contributed by atoms with Crippen molar-refractivity contribution in [2.45, 2.75) is 6.92 Å². The Balaban J connectivity index is 1.99. The van der Waals surface area contributed by atoms with E-state index >= 15 is 0 Å². The topological polar surface area (TPSA) is 43.6 Å². The summed E-state index contributed by atoms with van der Waals surface area (Å²) >= 11 is 0. The van der Waals surface area contributed by atoms with Crippen molar-refractivity contribution >= 4 is 11.0 Å². The summed E-state index contributed by atoms with van der Waals surface area (Å²) in [4.78, 5) is 8.57. The van der Waals surface area contributed by atoms with Gasteiger partial charge in [-0.3, -0.25) is 0 Å². The summed E-state index contributed by atoms with van der Waals surface area (Å²) in [6.07, 6.45) is 3.38. The van der Waals surface area contributed by atoms with Gasteiger partial charge < -0.3 is 0 Å². The number of para-hydroxylation sites is 1. The maximum Gasteiger partial charge on any atom is 0.166 e. The van der Waals surface area contributed by atoms with Crippen molar-refractivity contribution in [3.63, 3.8) is 0 Å². The van der Waals surface area contributed by atoms with E-state index in [0.717, 1.165) is 28.0 Å². The predicted molar refractivity (Wildman–Crippen MR) is 86.8 cm³/mol. The summed E-state index contributed by atoms with van der Waals surface area (Å²) in [6.45, 7) is 2.08. The molecule has 0 aliphatic rings. The molecule has 0 unspecified atom stereocenters. The van der Waals surface area contributed by atoms with Gasteiger partial charge in [-0.05, 0) is 19.1 Å². The zero-order valence-electron chi connectivity index (χ0n) is 12.1. The highest BCUT2D eigenvalue weighted by molar-refractivity contribution is 5.91. The molecule has 0 fully saturated rings. The van der Waals surface area contributed by atoms with Gasteiger partial charge in [0, 0.05) is 11.8 Å². The molecule has 0 bridgehead atoms. The lowest BCUT2D eigenvalue weighted by Gasteiger charge is -2.01. The first-order chi connectivity index (χ1) is 10.8. The minimum Gasteiger partial charge on any atom is -0.244 e. The highest BCUT2D eigenvalue weighted by Gasteiger charge is 2.14. The second kappa shape index (κ2) is 5.07. The fraction of sp³-hybridized carbons (Fsp3) is 0.0556. The van der Waals surface area contributed by atoms with Gasteiger partial charge in [0.05, 0.1) is 11.1 Å². The van der Waals surface area contributed by atoms with E-state index in [1.54, 1.807) is 6.33 Å². The first kappa shape index (κ1) is 12.7. The molecule has 0 aliphatic carbocycles. The molecule has 0 aliphatic heterocycles. The Bertz CT molecular complexity index is 924. The molecule has 0 amide bonds. The fourth-order valence-electron chi connectivity index (χ4n) is 2.53. The highest BCUT2D eigenvalue weighted by atomic mass is 15.3. The second-order valence-electron chi connectivity index (χ2n) is 5.22. The molecule has 4 nitrogen and oxygen atoms in total. The minimum atomic E-state index is 0.816. The number of hydrogen-bond donors (Lipinski definition) is 0. The van der Waals surface area contributed by atoms with E-state index in [1.807, 2.05) is 41.2 Å². The van der Waals surface area contributed by atoms with Gasteiger partial charge in [0.1, 0.15) is 12.0 Å². The SMILES string of the molecule is Cc1ccc(-c2nn(-c3ccccc3)c3ncncc23)cc1. The van der Waals surface area contributed by atoms with E-state index in [-0.39, 0.29) is 0 Å². The molecule has 4 heteroatoms. The lowest BCUT2D eigenvalue weighted by Crippen LogP contribution is -1.97. The van der Waals surface area contributed by atoms with E-state index in [1.165, 1.54) is 5.56 Å². The molecule has 22 heavy (non-hydrogen) atoms. The van der Waals surface area contributed by atoms with Crippen LogP contribution in [0.25, 0.3) is 28.0 Å². The lowest BCUT2D eigenvalue weighted by molar-refractivity contribution is 0.899. The Morgan fingerprint density at radius 2 is 1.68 bits per heavy atom. The summed E-state index contributed by atoms with van der Waals surface area (Å²) in [7, 11) is 0. The number of nitrogens with zero attached hydrogens (tertiary/aromatic N) is 4. The molecular weight excluding hydrogens is 272 g/mol. The van der Waals surface area contributed by atoms with Crippen LogP contribution in [0.3, 0.4) is 0 Å². The Hall–Kier alpha value is -3.01. The van der Waals surface area contributed by atoms with Gasteiger partial charge in [-0.1, -0.05) is 48.0 Å². The number of rotatable bonds is 2. The van der Waals surface area contributed by atoms with Gasteiger partial charge in [0.2, 0.25) is 0 Å². The Morgan fingerprint density at radius 3 is 2.45 bits per heavy atom. The molecule has 2 aromatic heterocycles. The third kappa shape index (κ3) is 2.05. The molecule has 0 saturated heterocycles. The van der Waals surface area contributed by atoms with Crippen LogP contribution < -0.4 is 0 Å². The maximum atomic E-state index is 4.77. The van der Waals surface area contributed by atoms with Crippen LogP contribution >= 0.6 is 0 Å². The summed E-state index contributed by atoms with van der Waals surface area (Å²) in [5.74, 6) is 0. The lowest BCUT2D eigenvalue weighted by atomic mass is 10.1. The summed E-state index contributed by atoms with van der Waals surface area (Å²) in [5.41, 5.74) is 5.01. The summed E-state index contributed by atoms with van der Waals surface area (Å²) < 4.78 is 1.87. The Kier molecular flexibility index (Phi) is 2.93. The van der Waals surface area contributed by atoms with Gasteiger partial charge in [0.25, 0.3) is 0 Å². The molecule has 0 radical (unpaired) electrons. The Labute approximate surface area is 128 Å². The molecule has 2 aromatic carbocycles. The van der Waals surface area contributed by atoms with Gasteiger partial charge in [-0.15, -0.1) is 0 Å². The highest BCUT2D eigenvalue weighted by Crippen LogP contribution is 2.28. The summed E-state index contributed by atoms with van der Waals surface area (Å²) in [5, 5.41) is 5.73. The van der Waals surface area contributed by atoms with Crippen LogP contribution in [0, 0.1) is 6.92 Å².